The van der Waals surface area contributed by atoms with Crippen LogP contribution in [0.4, 0.5) is 5.69 Å². The van der Waals surface area contributed by atoms with Crippen molar-refractivity contribution < 1.29 is 27.4 Å². The predicted octanol–water partition coefficient (Wildman–Crippen LogP) is 3.13. The van der Waals surface area contributed by atoms with Crippen LogP contribution >= 0.6 is 0 Å². The minimum absolute atomic E-state index is 0.0845. The molecule has 0 spiro atoms. The number of carbonyl (C=O) groups excluding carboxylic acids is 1. The van der Waals surface area contributed by atoms with Gasteiger partial charge in [-0.3, -0.25) is 4.79 Å². The van der Waals surface area contributed by atoms with Crippen LogP contribution in [-0.2, 0) is 19.6 Å². The van der Waals surface area contributed by atoms with Crippen LogP contribution in [0.3, 0.4) is 0 Å². The maximum absolute atomic E-state index is 13.0. The number of hydrogen-bond acceptors (Lipinski definition) is 6. The molecule has 0 bridgehead atoms. The topological polar surface area (TPSA) is 94.2 Å². The van der Waals surface area contributed by atoms with Crippen molar-refractivity contribution in [1.29, 1.82) is 0 Å². The molecule has 0 atom stereocenters. The van der Waals surface area contributed by atoms with Crippen LogP contribution in [0, 0.1) is 13.8 Å². The molecule has 9 heteroatoms. The Hall–Kier alpha value is -2.62. The Balaban J connectivity index is 1.80. The van der Waals surface area contributed by atoms with Crippen molar-refractivity contribution in [1.82, 2.24) is 4.31 Å². The largest absolute Gasteiger partial charge is 0.489 e. The van der Waals surface area contributed by atoms with Crippen LogP contribution < -0.4 is 14.8 Å². The summed E-state index contributed by atoms with van der Waals surface area (Å²) in [6.45, 7) is 8.63. The van der Waals surface area contributed by atoms with Crippen LogP contribution in [0.5, 0.6) is 11.5 Å². The summed E-state index contributed by atoms with van der Waals surface area (Å²) in [5.41, 5.74) is 2.23. The van der Waals surface area contributed by atoms with E-state index in [1.54, 1.807) is 6.07 Å². The number of nitrogens with one attached hydrogen (secondary N) is 1. The number of aryl methyl sites for hydroxylation is 2. The number of benzene rings is 2. The number of sulfonamides is 1. The summed E-state index contributed by atoms with van der Waals surface area (Å²) < 4.78 is 44.1. The van der Waals surface area contributed by atoms with Gasteiger partial charge in [-0.2, -0.15) is 4.31 Å². The number of anilines is 1. The average molecular weight is 463 g/mol. The summed E-state index contributed by atoms with van der Waals surface area (Å²) in [7, 11) is -3.72. The van der Waals surface area contributed by atoms with E-state index in [1.165, 1.54) is 16.4 Å². The average Bonchev–Trinajstić information content (AvgIpc) is 2.75. The van der Waals surface area contributed by atoms with E-state index >= 15 is 0 Å². The Labute approximate surface area is 189 Å². The van der Waals surface area contributed by atoms with Crippen molar-refractivity contribution in [2.75, 3.05) is 38.2 Å². The van der Waals surface area contributed by atoms with Crippen molar-refractivity contribution in [2.24, 2.45) is 0 Å². The summed E-state index contributed by atoms with van der Waals surface area (Å²) in [5.74, 6) is 0.601. The molecule has 1 fully saturated rings. The van der Waals surface area contributed by atoms with Crippen LogP contribution in [-0.4, -0.2) is 57.6 Å². The first-order chi connectivity index (χ1) is 15.2. The molecular weight excluding hydrogens is 432 g/mol. The van der Waals surface area contributed by atoms with Gasteiger partial charge in [0.05, 0.1) is 29.9 Å². The predicted molar refractivity (Wildman–Crippen MR) is 122 cm³/mol. The molecule has 1 aliphatic heterocycles. The summed E-state index contributed by atoms with van der Waals surface area (Å²) in [5, 5.41) is 2.74. The monoisotopic (exact) mass is 462 g/mol. The van der Waals surface area contributed by atoms with E-state index in [4.69, 9.17) is 14.2 Å². The van der Waals surface area contributed by atoms with Gasteiger partial charge in [-0.1, -0.05) is 12.1 Å². The van der Waals surface area contributed by atoms with E-state index in [1.807, 2.05) is 45.9 Å². The summed E-state index contributed by atoms with van der Waals surface area (Å²) >= 11 is 0. The Morgan fingerprint density at radius 2 is 1.81 bits per heavy atom. The van der Waals surface area contributed by atoms with Gasteiger partial charge in [0, 0.05) is 13.1 Å². The Bertz CT molecular complexity index is 1060. The Kier molecular flexibility index (Phi) is 7.76. The van der Waals surface area contributed by atoms with Crippen LogP contribution in [0.25, 0.3) is 0 Å². The molecule has 0 aromatic heterocycles. The smallest absolute Gasteiger partial charge is 0.262 e. The number of hydrogen-bond donors (Lipinski definition) is 1. The van der Waals surface area contributed by atoms with Crippen molar-refractivity contribution in [3.63, 3.8) is 0 Å². The number of morpholine rings is 1. The fraction of sp³-hybridized carbons (Fsp3) is 0.435. The highest BCUT2D eigenvalue weighted by molar-refractivity contribution is 7.89. The first-order valence-electron chi connectivity index (χ1n) is 10.6. The van der Waals surface area contributed by atoms with Gasteiger partial charge in [-0.15, -0.1) is 0 Å². The van der Waals surface area contributed by atoms with Gasteiger partial charge in [0.25, 0.3) is 5.91 Å². The highest BCUT2D eigenvalue weighted by Gasteiger charge is 2.27. The number of ether oxygens (including phenoxy) is 3. The third-order valence-electron chi connectivity index (χ3n) is 4.90. The summed E-state index contributed by atoms with van der Waals surface area (Å²) in [6, 6.07) is 10.2. The molecule has 0 aliphatic carbocycles. The van der Waals surface area contributed by atoms with Crippen molar-refractivity contribution in [3.05, 3.63) is 47.5 Å². The lowest BCUT2D eigenvalue weighted by Crippen LogP contribution is -2.40. The van der Waals surface area contributed by atoms with E-state index in [9.17, 15) is 13.2 Å². The highest BCUT2D eigenvalue weighted by atomic mass is 32.2. The lowest BCUT2D eigenvalue weighted by molar-refractivity contribution is -0.118. The van der Waals surface area contributed by atoms with E-state index in [0.29, 0.717) is 24.7 Å². The van der Waals surface area contributed by atoms with E-state index < -0.39 is 15.9 Å². The molecule has 0 radical (unpaired) electrons. The lowest BCUT2D eigenvalue weighted by atomic mass is 10.1. The molecular formula is C23H30N2O6S. The number of amides is 1. The Morgan fingerprint density at radius 3 is 2.50 bits per heavy atom. The summed E-state index contributed by atoms with van der Waals surface area (Å²) in [6.07, 6.45) is -0.154. The van der Waals surface area contributed by atoms with Gasteiger partial charge in [0.15, 0.2) is 6.61 Å². The minimum Gasteiger partial charge on any atom is -0.489 e. The fourth-order valence-electron chi connectivity index (χ4n) is 3.25. The standard InChI is InChI=1S/C23H30N2O6S/c1-16(2)31-21-8-7-19(32(27,28)25-9-11-29-12-10-25)14-20(21)24-23(26)15-30-22-13-17(3)5-6-18(22)4/h5-8,13-14,16H,9-12,15H2,1-4H3,(H,24,26). The zero-order valence-electron chi connectivity index (χ0n) is 18.9. The normalized spacial score (nSPS) is 14.9. The van der Waals surface area contributed by atoms with Gasteiger partial charge >= 0.3 is 0 Å². The van der Waals surface area contributed by atoms with Crippen molar-refractivity contribution >= 4 is 21.6 Å². The molecule has 1 aliphatic rings. The highest BCUT2D eigenvalue weighted by Crippen LogP contribution is 2.30. The minimum atomic E-state index is -3.72. The molecule has 0 unspecified atom stereocenters. The van der Waals surface area contributed by atoms with Gasteiger partial charge in [-0.25, -0.2) is 8.42 Å². The van der Waals surface area contributed by atoms with Gasteiger partial charge < -0.3 is 19.5 Å². The molecule has 8 nitrogen and oxygen atoms in total. The number of rotatable bonds is 8. The molecule has 1 heterocycles. The second kappa shape index (κ2) is 10.3. The maximum Gasteiger partial charge on any atom is 0.262 e. The third kappa shape index (κ3) is 5.99. The molecule has 1 saturated heterocycles. The SMILES string of the molecule is Cc1ccc(C)c(OCC(=O)Nc2cc(S(=O)(=O)N3CCOCC3)ccc2OC(C)C)c1. The number of nitrogens with zero attached hydrogens (tertiary/aromatic N) is 1. The number of carbonyl (C=O) groups is 1. The molecule has 2 aromatic carbocycles. The second-order valence-electron chi connectivity index (χ2n) is 7.95. The van der Waals surface area contributed by atoms with Gasteiger partial charge in [0.2, 0.25) is 10.0 Å². The van der Waals surface area contributed by atoms with Crippen LogP contribution in [0.1, 0.15) is 25.0 Å². The maximum atomic E-state index is 13.0. The second-order valence-corrected chi connectivity index (χ2v) is 9.88. The van der Waals surface area contributed by atoms with Crippen molar-refractivity contribution in [3.8, 4) is 11.5 Å². The van der Waals surface area contributed by atoms with Gasteiger partial charge in [-0.05, 0) is 63.1 Å². The van der Waals surface area contributed by atoms with Gasteiger partial charge in [0.1, 0.15) is 11.5 Å². The Morgan fingerprint density at radius 1 is 1.09 bits per heavy atom. The molecule has 0 saturated carbocycles. The zero-order valence-corrected chi connectivity index (χ0v) is 19.7. The first kappa shape index (κ1) is 24.0. The molecule has 2 aromatic rings. The quantitative estimate of drug-likeness (QED) is 0.648. The van der Waals surface area contributed by atoms with Crippen molar-refractivity contribution in [2.45, 2.75) is 38.7 Å². The third-order valence-corrected chi connectivity index (χ3v) is 6.79. The van der Waals surface area contributed by atoms with E-state index in [-0.39, 0.29) is 36.4 Å². The fourth-order valence-corrected chi connectivity index (χ4v) is 4.69. The van der Waals surface area contributed by atoms with Crippen LogP contribution in [0.15, 0.2) is 41.3 Å². The first-order valence-corrected chi connectivity index (χ1v) is 12.0. The van der Waals surface area contributed by atoms with Crippen LogP contribution in [0.2, 0.25) is 0 Å². The lowest BCUT2D eigenvalue weighted by Gasteiger charge is -2.26. The van der Waals surface area contributed by atoms with E-state index in [2.05, 4.69) is 5.32 Å². The summed E-state index contributed by atoms with van der Waals surface area (Å²) in [4.78, 5) is 12.7. The van der Waals surface area contributed by atoms with E-state index in [0.717, 1.165) is 11.1 Å². The molecule has 3 rings (SSSR count). The zero-order chi connectivity index (χ0) is 23.3. The molecule has 1 amide bonds. The molecule has 174 valence electrons. The molecule has 32 heavy (non-hydrogen) atoms. The molecule has 1 N–H and O–H groups in total.